The van der Waals surface area contributed by atoms with Crippen molar-refractivity contribution in [2.75, 3.05) is 11.4 Å². The average molecular weight is 297 g/mol. The number of amides is 2. The monoisotopic (exact) mass is 297 g/mol. The first-order valence-corrected chi connectivity index (χ1v) is 6.52. The number of anilines is 1. The first-order valence-electron chi connectivity index (χ1n) is 5.70. The van der Waals surface area contributed by atoms with E-state index in [4.69, 9.17) is 0 Å². The molecule has 1 aromatic heterocycles. The number of thiophene rings is 1. The van der Waals surface area contributed by atoms with E-state index in [1.165, 1.54) is 17.9 Å². The van der Waals surface area contributed by atoms with E-state index in [9.17, 15) is 24.5 Å². The Balaban J connectivity index is 2.49. The lowest BCUT2D eigenvalue weighted by Gasteiger charge is -2.31. The zero-order valence-corrected chi connectivity index (χ0v) is 11.5. The third kappa shape index (κ3) is 2.39. The zero-order valence-electron chi connectivity index (χ0n) is 10.7. The van der Waals surface area contributed by atoms with Crippen molar-refractivity contribution in [3.63, 3.8) is 0 Å². The predicted molar refractivity (Wildman–Crippen MR) is 70.9 cm³/mol. The molecule has 9 heteroatoms. The second kappa shape index (κ2) is 5.00. The van der Waals surface area contributed by atoms with Crippen LogP contribution in [0.5, 0.6) is 0 Å². The van der Waals surface area contributed by atoms with E-state index in [0.29, 0.717) is 0 Å². The highest BCUT2D eigenvalue weighted by Gasteiger charge is 2.36. The first kappa shape index (κ1) is 14.1. The summed E-state index contributed by atoms with van der Waals surface area (Å²) in [4.78, 5) is 46.4. The van der Waals surface area contributed by atoms with Crippen LogP contribution < -0.4 is 10.2 Å². The Bertz CT molecular complexity index is 624. The highest BCUT2D eigenvalue weighted by Crippen LogP contribution is 2.39. The van der Waals surface area contributed by atoms with Gasteiger partial charge in [0, 0.05) is 6.07 Å². The molecule has 0 saturated carbocycles. The maximum absolute atomic E-state index is 11.6. The minimum absolute atomic E-state index is 0.149. The van der Waals surface area contributed by atoms with Crippen molar-refractivity contribution >= 4 is 39.6 Å². The number of carbonyl (C=O) groups is 3. The molecular weight excluding hydrogens is 286 g/mol. The molecule has 2 heterocycles. The largest absolute Gasteiger partial charge is 0.337 e. The minimum atomic E-state index is -0.718. The van der Waals surface area contributed by atoms with Crippen LogP contribution in [0.1, 0.15) is 23.5 Å². The average Bonchev–Trinajstić information content (AvgIpc) is 2.78. The summed E-state index contributed by atoms with van der Waals surface area (Å²) in [5.41, 5.74) is -0.269. The predicted octanol–water partition coefficient (Wildman–Crippen LogP) is 0.710. The van der Waals surface area contributed by atoms with Crippen LogP contribution in [0.4, 0.5) is 10.7 Å². The lowest BCUT2D eigenvalue weighted by molar-refractivity contribution is -0.383. The molecule has 0 radical (unpaired) electrons. The number of imide groups is 1. The van der Waals surface area contributed by atoms with Crippen LogP contribution in [-0.2, 0) is 9.59 Å². The summed E-state index contributed by atoms with van der Waals surface area (Å²) >= 11 is 0.913. The molecule has 1 fully saturated rings. The fourth-order valence-electron chi connectivity index (χ4n) is 1.84. The van der Waals surface area contributed by atoms with Crippen molar-refractivity contribution in [1.29, 1.82) is 0 Å². The van der Waals surface area contributed by atoms with Crippen molar-refractivity contribution in [2.24, 2.45) is 0 Å². The summed E-state index contributed by atoms with van der Waals surface area (Å²) in [6, 6.07) is 0.455. The number of ketones is 1. The second-order valence-corrected chi connectivity index (χ2v) is 5.36. The van der Waals surface area contributed by atoms with E-state index in [-0.39, 0.29) is 27.9 Å². The Morgan fingerprint density at radius 2 is 2.20 bits per heavy atom. The Hall–Kier alpha value is -2.29. The number of nitrogens with zero attached hydrogens (tertiary/aromatic N) is 2. The van der Waals surface area contributed by atoms with Crippen LogP contribution in [0.2, 0.25) is 0 Å². The summed E-state index contributed by atoms with van der Waals surface area (Å²) in [6.45, 7) is 2.68. The van der Waals surface area contributed by atoms with E-state index in [1.54, 1.807) is 6.92 Å². The molecule has 106 valence electrons. The van der Waals surface area contributed by atoms with Crippen LogP contribution in [0, 0.1) is 10.1 Å². The van der Waals surface area contributed by atoms with Gasteiger partial charge in [0.15, 0.2) is 10.8 Å². The quantitative estimate of drug-likeness (QED) is 0.381. The Morgan fingerprint density at radius 1 is 1.55 bits per heavy atom. The van der Waals surface area contributed by atoms with Crippen LogP contribution in [-0.4, -0.2) is 35.1 Å². The molecule has 1 saturated heterocycles. The number of hydrogen-bond acceptors (Lipinski definition) is 7. The molecule has 0 aliphatic carbocycles. The molecule has 8 nitrogen and oxygen atoms in total. The normalized spacial score (nSPS) is 18.9. The number of Topliss-reactive ketones (excluding diaryl/α,β-unsaturated/α-hetero) is 1. The van der Waals surface area contributed by atoms with E-state index in [0.717, 1.165) is 11.3 Å². The van der Waals surface area contributed by atoms with E-state index in [1.807, 2.05) is 0 Å². The molecule has 1 aliphatic rings. The van der Waals surface area contributed by atoms with Gasteiger partial charge in [-0.2, -0.15) is 0 Å². The lowest BCUT2D eigenvalue weighted by Crippen LogP contribution is -2.57. The third-order valence-electron chi connectivity index (χ3n) is 2.92. The summed E-state index contributed by atoms with van der Waals surface area (Å²) in [7, 11) is 0. The van der Waals surface area contributed by atoms with Gasteiger partial charge in [0.05, 0.1) is 16.3 Å². The van der Waals surface area contributed by atoms with Gasteiger partial charge in [0.1, 0.15) is 6.04 Å². The number of hydrogen-bond donors (Lipinski definition) is 1. The van der Waals surface area contributed by atoms with Gasteiger partial charge in [-0.1, -0.05) is 0 Å². The molecule has 0 spiro atoms. The van der Waals surface area contributed by atoms with Gasteiger partial charge in [-0.15, -0.1) is 11.3 Å². The fourth-order valence-corrected chi connectivity index (χ4v) is 2.94. The highest BCUT2D eigenvalue weighted by atomic mass is 32.1. The summed E-state index contributed by atoms with van der Waals surface area (Å²) in [5.74, 6) is -1.35. The van der Waals surface area contributed by atoms with Crippen LogP contribution in [0.15, 0.2) is 6.07 Å². The van der Waals surface area contributed by atoms with Crippen LogP contribution in [0.3, 0.4) is 0 Å². The minimum Gasteiger partial charge on any atom is -0.337 e. The number of piperazine rings is 1. The maximum Gasteiger partial charge on any atom is 0.304 e. The Kier molecular flexibility index (Phi) is 3.53. The molecule has 1 N–H and O–H groups in total. The van der Waals surface area contributed by atoms with Crippen LogP contribution >= 0.6 is 11.3 Å². The van der Waals surface area contributed by atoms with Crippen molar-refractivity contribution < 1.29 is 19.3 Å². The van der Waals surface area contributed by atoms with E-state index >= 15 is 0 Å². The smallest absolute Gasteiger partial charge is 0.304 e. The van der Waals surface area contributed by atoms with Gasteiger partial charge in [0.25, 0.3) is 0 Å². The third-order valence-corrected chi connectivity index (χ3v) is 4.18. The number of rotatable bonds is 3. The molecule has 20 heavy (non-hydrogen) atoms. The second-order valence-electron chi connectivity index (χ2n) is 4.33. The van der Waals surface area contributed by atoms with Gasteiger partial charge >= 0.3 is 5.69 Å². The number of nitro groups is 1. The summed E-state index contributed by atoms with van der Waals surface area (Å²) in [5, 5.41) is 13.4. The van der Waals surface area contributed by atoms with E-state index in [2.05, 4.69) is 5.32 Å². The van der Waals surface area contributed by atoms with Crippen molar-refractivity contribution in [1.82, 2.24) is 5.32 Å². The SMILES string of the molecule is CC(=O)c1cc([N+](=O)[O-])c(N2CC(=O)NC(=O)C2C)s1. The standard InChI is InChI=1S/C11H11N3O5S/c1-5-10(17)12-9(16)4-13(5)11-7(14(18)19)3-8(20-11)6(2)15/h3,5H,4H2,1-2H3,(H,12,16,17). The molecular formula is C11H11N3O5S. The molecule has 1 aromatic rings. The molecule has 0 bridgehead atoms. The van der Waals surface area contributed by atoms with Gasteiger partial charge in [0.2, 0.25) is 11.8 Å². The van der Waals surface area contributed by atoms with Crippen molar-refractivity contribution in [3.05, 3.63) is 21.1 Å². The molecule has 2 amide bonds. The molecule has 1 atom stereocenters. The fraction of sp³-hybridized carbons (Fsp3) is 0.364. The summed E-state index contributed by atoms with van der Waals surface area (Å²) < 4.78 is 0. The Morgan fingerprint density at radius 3 is 2.75 bits per heavy atom. The number of nitrogens with one attached hydrogen (secondary N) is 1. The summed E-state index contributed by atoms with van der Waals surface area (Å²) in [6.07, 6.45) is 0. The number of carbonyl (C=O) groups excluding carboxylic acids is 3. The van der Waals surface area contributed by atoms with Crippen molar-refractivity contribution in [2.45, 2.75) is 19.9 Å². The maximum atomic E-state index is 11.6. The zero-order chi connectivity index (χ0) is 15.0. The molecule has 1 unspecified atom stereocenters. The van der Waals surface area contributed by atoms with Gasteiger partial charge in [-0.3, -0.25) is 29.8 Å². The molecule has 0 aromatic carbocycles. The Labute approximate surface area is 117 Å². The topological polar surface area (TPSA) is 110 Å². The highest BCUT2D eigenvalue weighted by molar-refractivity contribution is 7.18. The first-order chi connectivity index (χ1) is 9.31. The van der Waals surface area contributed by atoms with Gasteiger partial charge in [-0.05, 0) is 13.8 Å². The van der Waals surface area contributed by atoms with E-state index < -0.39 is 22.8 Å². The van der Waals surface area contributed by atoms with Crippen LogP contribution in [0.25, 0.3) is 0 Å². The van der Waals surface area contributed by atoms with Crippen molar-refractivity contribution in [3.8, 4) is 0 Å². The van der Waals surface area contributed by atoms with Gasteiger partial charge in [-0.25, -0.2) is 0 Å². The lowest BCUT2D eigenvalue weighted by atomic mass is 10.2. The van der Waals surface area contributed by atoms with Gasteiger partial charge < -0.3 is 4.90 Å². The molecule has 1 aliphatic heterocycles. The molecule has 2 rings (SSSR count).